The second kappa shape index (κ2) is 19.9. The minimum atomic E-state index is -4.90. The Morgan fingerprint density at radius 3 is 0.913 bits per heavy atom. The van der Waals surface area contributed by atoms with E-state index in [9.17, 15) is 35.9 Å². The van der Waals surface area contributed by atoms with Gasteiger partial charge in [0.15, 0.2) is 11.6 Å². The van der Waals surface area contributed by atoms with Crippen molar-refractivity contribution in [2.75, 3.05) is 14.2 Å². The zero-order valence-corrected chi connectivity index (χ0v) is 39.7. The van der Waals surface area contributed by atoms with Crippen LogP contribution in [0.4, 0.5) is 26.3 Å². The van der Waals surface area contributed by atoms with Gasteiger partial charge in [0.05, 0.1) is 23.3 Å². The molecule has 0 atom stereocenters. The number of nitrogens with zero attached hydrogens (tertiary/aromatic N) is 8. The van der Waals surface area contributed by atoms with Crippen molar-refractivity contribution in [2.24, 2.45) is 0 Å². The summed E-state index contributed by atoms with van der Waals surface area (Å²) in [7, 11) is 2.38. The van der Waals surface area contributed by atoms with Gasteiger partial charge >= 0.3 is 38.6 Å². The minimum Gasteiger partial charge on any atom is -0.504 e. The van der Waals surface area contributed by atoms with E-state index in [1.165, 1.54) is 41.9 Å². The van der Waals surface area contributed by atoms with E-state index in [1.54, 1.807) is 0 Å². The predicted octanol–water partition coefficient (Wildman–Crippen LogP) is 10.1. The summed E-state index contributed by atoms with van der Waals surface area (Å²) < 4.78 is 80.0. The number of rotatable bonds is 6. The van der Waals surface area contributed by atoms with E-state index in [1.807, 2.05) is 97.1 Å². The molecular weight excluding hydrogens is 990 g/mol. The number of alkyl halides is 6. The quantitative estimate of drug-likeness (QED) is 0.0906. The van der Waals surface area contributed by atoms with Gasteiger partial charge in [-0.15, -0.1) is 0 Å². The fourth-order valence-corrected chi connectivity index (χ4v) is 6.42. The van der Waals surface area contributed by atoms with Crippen LogP contribution in [0.3, 0.4) is 0 Å². The van der Waals surface area contributed by atoms with Crippen molar-refractivity contribution in [3.05, 3.63) is 121 Å². The van der Waals surface area contributed by atoms with E-state index >= 15 is 0 Å². The third kappa shape index (κ3) is 11.0. The van der Waals surface area contributed by atoms with Crippen molar-refractivity contribution >= 4 is 55.7 Å². The van der Waals surface area contributed by atoms with E-state index in [2.05, 4.69) is 9.47 Å². The van der Waals surface area contributed by atoms with Crippen LogP contribution < -0.4 is 9.97 Å². The van der Waals surface area contributed by atoms with Gasteiger partial charge < -0.3 is 49.6 Å². The number of halogens is 6. The molecule has 0 amide bonds. The number of carbonyl (C=O) groups excluding carboxylic acids is 2. The van der Waals surface area contributed by atoms with Crippen LogP contribution in [-0.2, 0) is 45.3 Å². The normalized spacial score (nSPS) is 12.8. The number of carbonyl (C=O) groups is 2. The van der Waals surface area contributed by atoms with Gasteiger partial charge in [-0.25, -0.2) is 9.97 Å². The molecule has 21 heteroatoms. The SMILES string of the molecule is COC(C)(C)C(=O)C=C(O)C(F)(F)F.COC(C)(C)C(=O)C=C(O)C(F)(F)F.[Zr+2].c1ccc2c(c1)-c1nc-2nc2[n-]c(nc3nc(nc4[n-]c(n1)c1ccccc41)-c1ccccc1-3)c1ccccc21. The molecule has 9 rings (SSSR count). The van der Waals surface area contributed by atoms with Crippen molar-refractivity contribution < 1.29 is 81.8 Å². The first-order chi connectivity index (χ1) is 32.0. The van der Waals surface area contributed by atoms with Crippen molar-refractivity contribution in [2.45, 2.75) is 51.2 Å². The molecule has 3 aromatic heterocycles. The molecule has 2 N–H and O–H groups in total. The number of methoxy groups -OCH3 is 2. The second-order valence-electron chi connectivity index (χ2n) is 15.9. The standard InChI is InChI=1S/C32H16N8.2C8H11F3O3.Zr/c1-2-10-18-17(9-1)25-33-26(18)38-28-21-13-5-6-14-22(21)30(35-28)40-32-24-16-8-7-15-23(24)31(36-32)39-29-20-12-4-3-11-19(20)27(34-29)37-25;2*1-7(2,14-3)5(12)4-6(13)8(9,10)11;/h1-16H;2*4,13H,1-3H3;/q-2;;;+2. The van der Waals surface area contributed by atoms with Crippen LogP contribution >= 0.6 is 0 Å². The Balaban J connectivity index is 0.000000225. The van der Waals surface area contributed by atoms with Gasteiger partial charge in [-0.2, -0.15) is 26.3 Å². The molecule has 5 heterocycles. The van der Waals surface area contributed by atoms with Crippen LogP contribution in [0.5, 0.6) is 0 Å². The molecule has 0 saturated carbocycles. The molecular formula is C48H38F6N8O6Zr. The maximum absolute atomic E-state index is 11.8. The number of aromatic nitrogens is 8. The van der Waals surface area contributed by atoms with Crippen LogP contribution in [0.25, 0.3) is 89.7 Å². The van der Waals surface area contributed by atoms with Gasteiger partial charge in [-0.1, -0.05) is 97.1 Å². The second-order valence-corrected chi connectivity index (χ2v) is 15.9. The Bertz CT molecular complexity index is 2970. The summed E-state index contributed by atoms with van der Waals surface area (Å²) in [6, 6.07) is 31.8. The van der Waals surface area contributed by atoms with Gasteiger partial charge in [0, 0.05) is 71.2 Å². The number of aliphatic hydroxyl groups is 2. The molecule has 0 aliphatic carbocycles. The van der Waals surface area contributed by atoms with Crippen LogP contribution in [0, 0.1) is 0 Å². The van der Waals surface area contributed by atoms with Gasteiger partial charge in [-0.05, 0) is 49.2 Å². The maximum Gasteiger partial charge on any atom is 2.00 e. The molecule has 8 bridgehead atoms. The Morgan fingerprint density at radius 1 is 0.464 bits per heavy atom. The van der Waals surface area contributed by atoms with E-state index in [4.69, 9.17) is 50.1 Å². The number of allylic oxidation sites excluding steroid dienone is 2. The van der Waals surface area contributed by atoms with Crippen LogP contribution in [0.1, 0.15) is 27.7 Å². The third-order valence-corrected chi connectivity index (χ3v) is 10.7. The first-order valence-corrected chi connectivity index (χ1v) is 20.3. The van der Waals surface area contributed by atoms with Gasteiger partial charge in [-0.3, -0.25) is 9.59 Å². The first kappa shape index (κ1) is 51.4. The molecule has 14 nitrogen and oxygen atoms in total. The molecule has 4 aromatic carbocycles. The average Bonchev–Trinajstić information content (AvgIpc) is 4.04. The Kier molecular flexibility index (Phi) is 14.9. The molecule has 0 spiro atoms. The number of hydrogen-bond donors (Lipinski definition) is 2. The predicted molar refractivity (Wildman–Crippen MR) is 240 cm³/mol. The fourth-order valence-electron chi connectivity index (χ4n) is 6.42. The van der Waals surface area contributed by atoms with Crippen LogP contribution in [0.2, 0.25) is 0 Å². The third-order valence-electron chi connectivity index (χ3n) is 10.7. The van der Waals surface area contributed by atoms with Crippen LogP contribution in [0.15, 0.2) is 121 Å². The summed E-state index contributed by atoms with van der Waals surface area (Å²) in [5.74, 6) is -3.54. The number of fused-ring (bicyclic) bond motifs is 20. The summed E-state index contributed by atoms with van der Waals surface area (Å²) in [6.07, 6.45) is -9.58. The molecule has 0 unspecified atom stereocenters. The number of ether oxygens (including phenoxy) is 2. The van der Waals surface area contributed by atoms with Crippen molar-refractivity contribution in [3.63, 3.8) is 0 Å². The average molecular weight is 1030 g/mol. The maximum atomic E-state index is 11.8. The summed E-state index contributed by atoms with van der Waals surface area (Å²) >= 11 is 0. The van der Waals surface area contributed by atoms with E-state index in [0.29, 0.717) is 45.9 Å². The number of aliphatic hydroxyl groups excluding tert-OH is 2. The summed E-state index contributed by atoms with van der Waals surface area (Å²) in [5.41, 5.74) is 3.03. The molecule has 352 valence electrons. The fraction of sp³-hybridized carbons (Fsp3) is 0.208. The topological polar surface area (TPSA) is 199 Å². The van der Waals surface area contributed by atoms with Gasteiger partial charge in [0.2, 0.25) is 11.5 Å². The van der Waals surface area contributed by atoms with Crippen molar-refractivity contribution in [1.29, 1.82) is 0 Å². The van der Waals surface area contributed by atoms with Gasteiger partial charge in [0.25, 0.3) is 0 Å². The molecule has 0 radical (unpaired) electrons. The molecule has 2 aliphatic rings. The molecule has 0 fully saturated rings. The van der Waals surface area contributed by atoms with E-state index in [0.717, 1.165) is 43.8 Å². The Hall–Kier alpha value is -6.96. The number of benzene rings is 4. The Morgan fingerprint density at radius 2 is 0.696 bits per heavy atom. The molecule has 0 saturated heterocycles. The minimum absolute atomic E-state index is 0. The largest absolute Gasteiger partial charge is 2.00 e. The van der Waals surface area contributed by atoms with E-state index < -0.39 is 46.6 Å². The zero-order chi connectivity index (χ0) is 49.3. The van der Waals surface area contributed by atoms with E-state index in [-0.39, 0.29) is 38.4 Å². The number of hydrogen-bond acceptors (Lipinski definition) is 12. The summed E-state index contributed by atoms with van der Waals surface area (Å²) in [6.45, 7) is 5.20. The van der Waals surface area contributed by atoms with Crippen molar-refractivity contribution in [1.82, 2.24) is 39.9 Å². The molecule has 69 heavy (non-hydrogen) atoms. The van der Waals surface area contributed by atoms with Crippen LogP contribution in [-0.4, -0.2) is 89.5 Å². The van der Waals surface area contributed by atoms with Gasteiger partial charge in [0.1, 0.15) is 11.2 Å². The number of ketones is 2. The molecule has 2 aliphatic heterocycles. The summed E-state index contributed by atoms with van der Waals surface area (Å²) in [5, 5.41) is 20.5. The summed E-state index contributed by atoms with van der Waals surface area (Å²) in [4.78, 5) is 61.5. The smallest absolute Gasteiger partial charge is 0.504 e. The first-order valence-electron chi connectivity index (χ1n) is 20.3. The Labute approximate surface area is 407 Å². The molecule has 7 aromatic rings. The monoisotopic (exact) mass is 1030 g/mol. The van der Waals surface area contributed by atoms with Crippen molar-refractivity contribution in [3.8, 4) is 45.6 Å². The zero-order valence-electron chi connectivity index (χ0n) is 37.3.